The maximum atomic E-state index is 2.38. The molecule has 0 aromatic carbocycles. The Hall–Kier alpha value is -0.780. The van der Waals surface area contributed by atoms with Gasteiger partial charge in [0.15, 0.2) is 0 Å². The molecular weight excluding hydrogens is 204 g/mol. The summed E-state index contributed by atoms with van der Waals surface area (Å²) >= 11 is 0. The lowest BCUT2D eigenvalue weighted by molar-refractivity contribution is 0.785. The van der Waals surface area contributed by atoms with Gasteiger partial charge in [-0.15, -0.1) is 0 Å². The van der Waals surface area contributed by atoms with Crippen LogP contribution in [0.3, 0.4) is 0 Å². The molecule has 0 nitrogen and oxygen atoms in total. The molecule has 0 saturated carbocycles. The van der Waals surface area contributed by atoms with E-state index in [1.807, 2.05) is 0 Å². The topological polar surface area (TPSA) is 0 Å². The smallest absolute Gasteiger partial charge is 0.0164 e. The quantitative estimate of drug-likeness (QED) is 0.438. The molecule has 0 aromatic heterocycles. The molecule has 0 unspecified atom stereocenters. The Kier molecular flexibility index (Phi) is 9.90. The Morgan fingerprint density at radius 3 is 1.94 bits per heavy atom. The van der Waals surface area contributed by atoms with Gasteiger partial charge in [0.1, 0.15) is 0 Å². The molecule has 0 heterocycles. The van der Waals surface area contributed by atoms with Gasteiger partial charge in [0, 0.05) is 0 Å². The van der Waals surface area contributed by atoms with Crippen molar-refractivity contribution < 1.29 is 0 Å². The molecule has 17 heavy (non-hydrogen) atoms. The first-order valence-corrected chi connectivity index (χ1v) is 7.00. The van der Waals surface area contributed by atoms with Crippen LogP contribution in [-0.2, 0) is 0 Å². The van der Waals surface area contributed by atoms with E-state index in [4.69, 9.17) is 0 Å². The van der Waals surface area contributed by atoms with Crippen LogP contribution in [0.5, 0.6) is 0 Å². The van der Waals surface area contributed by atoms with Gasteiger partial charge in [0.25, 0.3) is 0 Å². The Bertz CT molecular complexity index is 272. The van der Waals surface area contributed by atoms with Crippen LogP contribution >= 0.6 is 0 Å². The second kappa shape index (κ2) is 10.4. The number of hydrogen-bond donors (Lipinski definition) is 0. The highest BCUT2D eigenvalue weighted by atomic mass is 14.0. The average molecular weight is 234 g/mol. The lowest BCUT2D eigenvalue weighted by Crippen LogP contribution is -1.79. The molecule has 0 spiro atoms. The molecule has 0 bridgehead atoms. The number of rotatable bonds is 8. The van der Waals surface area contributed by atoms with Gasteiger partial charge < -0.3 is 0 Å². The predicted octanol–water partition coefficient (Wildman–Crippen LogP) is 6.21. The Labute approximate surface area is 109 Å². The minimum Gasteiger partial charge on any atom is -0.0856 e. The fourth-order valence-electron chi connectivity index (χ4n) is 1.71. The van der Waals surface area contributed by atoms with Crippen molar-refractivity contribution in [3.63, 3.8) is 0 Å². The summed E-state index contributed by atoms with van der Waals surface area (Å²) in [5, 5.41) is 0. The van der Waals surface area contributed by atoms with E-state index in [1.54, 1.807) is 5.57 Å². The summed E-state index contributed by atoms with van der Waals surface area (Å²) < 4.78 is 0. The third-order valence-corrected chi connectivity index (χ3v) is 2.95. The largest absolute Gasteiger partial charge is 0.0856 e. The second-order valence-corrected chi connectivity index (χ2v) is 5.26. The van der Waals surface area contributed by atoms with Crippen LogP contribution in [0.4, 0.5) is 0 Å². The van der Waals surface area contributed by atoms with E-state index in [9.17, 15) is 0 Å². The average Bonchev–Trinajstić information content (AvgIpc) is 2.25. The standard InChI is InChI=1S/C17H30/c1-6-7-11-16(4)13-9-14-17(5)12-8-10-15(2)3/h10,13-14H,6-9,11-12H2,1-5H3/b16-13+,17-14+. The van der Waals surface area contributed by atoms with Crippen LogP contribution in [0.15, 0.2) is 34.9 Å². The third kappa shape index (κ3) is 11.5. The fourth-order valence-corrected chi connectivity index (χ4v) is 1.71. The van der Waals surface area contributed by atoms with Gasteiger partial charge in [-0.05, 0) is 59.8 Å². The molecule has 0 aliphatic carbocycles. The van der Waals surface area contributed by atoms with Crippen molar-refractivity contribution >= 4 is 0 Å². The van der Waals surface area contributed by atoms with Gasteiger partial charge in [-0.1, -0.05) is 48.3 Å². The van der Waals surface area contributed by atoms with Crippen molar-refractivity contribution in [3.8, 4) is 0 Å². The van der Waals surface area contributed by atoms with E-state index in [-0.39, 0.29) is 0 Å². The van der Waals surface area contributed by atoms with Gasteiger partial charge in [0.05, 0.1) is 0 Å². The highest BCUT2D eigenvalue weighted by Crippen LogP contribution is 2.10. The normalized spacial score (nSPS) is 12.8. The monoisotopic (exact) mass is 234 g/mol. The zero-order chi connectivity index (χ0) is 13.1. The van der Waals surface area contributed by atoms with E-state index >= 15 is 0 Å². The van der Waals surface area contributed by atoms with Gasteiger partial charge in [0.2, 0.25) is 0 Å². The fraction of sp³-hybridized carbons (Fsp3) is 0.647. The van der Waals surface area contributed by atoms with Crippen molar-refractivity contribution in [2.45, 2.75) is 73.1 Å². The first kappa shape index (κ1) is 16.2. The molecule has 0 atom stereocenters. The zero-order valence-electron chi connectivity index (χ0n) is 12.5. The van der Waals surface area contributed by atoms with E-state index in [1.165, 1.54) is 43.3 Å². The first-order chi connectivity index (χ1) is 8.06. The molecule has 0 fully saturated rings. The lowest BCUT2D eigenvalue weighted by atomic mass is 10.1. The molecule has 0 heteroatoms. The lowest BCUT2D eigenvalue weighted by Gasteiger charge is -2.00. The summed E-state index contributed by atoms with van der Waals surface area (Å²) in [6.07, 6.45) is 14.4. The molecule has 98 valence electrons. The summed E-state index contributed by atoms with van der Waals surface area (Å²) in [5.74, 6) is 0. The van der Waals surface area contributed by atoms with Crippen LogP contribution < -0.4 is 0 Å². The predicted molar refractivity (Wildman–Crippen MR) is 80.3 cm³/mol. The second-order valence-electron chi connectivity index (χ2n) is 5.26. The van der Waals surface area contributed by atoms with E-state index in [2.05, 4.69) is 52.8 Å². The number of hydrogen-bond acceptors (Lipinski definition) is 0. The SMILES string of the molecule is CCCC/C(C)=C/C/C=C(\C)CCC=C(C)C. The van der Waals surface area contributed by atoms with Crippen LogP contribution in [-0.4, -0.2) is 0 Å². The summed E-state index contributed by atoms with van der Waals surface area (Å²) in [6, 6.07) is 0. The van der Waals surface area contributed by atoms with Crippen LogP contribution in [0.25, 0.3) is 0 Å². The molecular formula is C17H30. The van der Waals surface area contributed by atoms with Crippen LogP contribution in [0.2, 0.25) is 0 Å². The molecule has 0 amide bonds. The molecule has 0 aliphatic rings. The maximum absolute atomic E-state index is 2.38. The molecule has 0 aromatic rings. The third-order valence-electron chi connectivity index (χ3n) is 2.95. The Morgan fingerprint density at radius 2 is 1.41 bits per heavy atom. The maximum Gasteiger partial charge on any atom is -0.0164 e. The van der Waals surface area contributed by atoms with Gasteiger partial charge in [-0.25, -0.2) is 0 Å². The van der Waals surface area contributed by atoms with Gasteiger partial charge >= 0.3 is 0 Å². The minimum atomic E-state index is 1.11. The number of unbranched alkanes of at least 4 members (excludes halogenated alkanes) is 1. The van der Waals surface area contributed by atoms with Crippen molar-refractivity contribution in [2.75, 3.05) is 0 Å². The van der Waals surface area contributed by atoms with Gasteiger partial charge in [-0.2, -0.15) is 0 Å². The minimum absolute atomic E-state index is 1.11. The Morgan fingerprint density at radius 1 is 0.824 bits per heavy atom. The molecule has 0 saturated heterocycles. The highest BCUT2D eigenvalue weighted by molar-refractivity contribution is 5.07. The summed E-state index contributed by atoms with van der Waals surface area (Å²) in [5.41, 5.74) is 4.48. The summed E-state index contributed by atoms with van der Waals surface area (Å²) in [6.45, 7) is 11.1. The van der Waals surface area contributed by atoms with E-state index in [0.29, 0.717) is 0 Å². The summed E-state index contributed by atoms with van der Waals surface area (Å²) in [7, 11) is 0. The van der Waals surface area contributed by atoms with Crippen molar-refractivity contribution in [3.05, 3.63) is 34.9 Å². The van der Waals surface area contributed by atoms with Crippen molar-refractivity contribution in [1.29, 1.82) is 0 Å². The zero-order valence-corrected chi connectivity index (χ0v) is 12.5. The van der Waals surface area contributed by atoms with Crippen LogP contribution in [0, 0.1) is 0 Å². The molecule has 0 N–H and O–H groups in total. The van der Waals surface area contributed by atoms with Crippen molar-refractivity contribution in [2.24, 2.45) is 0 Å². The van der Waals surface area contributed by atoms with E-state index in [0.717, 1.165) is 6.42 Å². The molecule has 0 radical (unpaired) electrons. The Balaban J connectivity index is 3.86. The molecule has 0 aliphatic heterocycles. The van der Waals surface area contributed by atoms with Crippen LogP contribution in [0.1, 0.15) is 73.1 Å². The first-order valence-electron chi connectivity index (χ1n) is 7.00. The van der Waals surface area contributed by atoms with Gasteiger partial charge in [-0.3, -0.25) is 0 Å². The number of allylic oxidation sites excluding steroid dienone is 6. The molecule has 0 rings (SSSR count). The summed E-state index contributed by atoms with van der Waals surface area (Å²) in [4.78, 5) is 0. The van der Waals surface area contributed by atoms with E-state index < -0.39 is 0 Å². The van der Waals surface area contributed by atoms with Crippen molar-refractivity contribution in [1.82, 2.24) is 0 Å². The highest BCUT2D eigenvalue weighted by Gasteiger charge is 1.90.